The summed E-state index contributed by atoms with van der Waals surface area (Å²) in [6, 6.07) is 9.82. The van der Waals surface area contributed by atoms with Gasteiger partial charge in [-0.3, -0.25) is 4.79 Å². The number of amides is 1. The molecule has 0 radical (unpaired) electrons. The third-order valence-electron chi connectivity index (χ3n) is 2.89. The van der Waals surface area contributed by atoms with Crippen molar-refractivity contribution in [2.75, 3.05) is 12.4 Å². The molecule has 1 N–H and O–H groups in total. The monoisotopic (exact) mass is 421 g/mol. The van der Waals surface area contributed by atoms with Crippen LogP contribution in [0.25, 0.3) is 0 Å². The molecule has 22 heavy (non-hydrogen) atoms. The zero-order valence-electron chi connectivity index (χ0n) is 11.4. The number of ether oxygens (including phenoxy) is 1. The quantitative estimate of drug-likeness (QED) is 0.738. The smallest absolute Gasteiger partial charge is 0.418 e. The van der Waals surface area contributed by atoms with Gasteiger partial charge in [-0.15, -0.1) is 0 Å². The largest absolute Gasteiger partial charge is 0.497 e. The third kappa shape index (κ3) is 3.90. The van der Waals surface area contributed by atoms with E-state index >= 15 is 0 Å². The summed E-state index contributed by atoms with van der Waals surface area (Å²) in [5.74, 6) is -0.0591. The number of halogens is 4. The zero-order chi connectivity index (χ0) is 16.3. The number of benzene rings is 2. The number of nitrogens with one attached hydrogen (secondary N) is 1. The lowest BCUT2D eigenvalue weighted by Gasteiger charge is -2.14. The Morgan fingerprint density at radius 3 is 2.32 bits per heavy atom. The summed E-state index contributed by atoms with van der Waals surface area (Å²) in [7, 11) is 1.48. The molecular weight excluding hydrogens is 410 g/mol. The Kier molecular flexibility index (Phi) is 4.94. The molecule has 0 aliphatic rings. The number of hydrogen-bond donors (Lipinski definition) is 1. The molecule has 0 spiro atoms. The van der Waals surface area contributed by atoms with Crippen LogP contribution in [0.4, 0.5) is 18.9 Å². The molecule has 0 saturated heterocycles. The maximum Gasteiger partial charge on any atom is 0.418 e. The summed E-state index contributed by atoms with van der Waals surface area (Å²) < 4.78 is 44.4. The normalized spacial score (nSPS) is 11.1. The second-order valence-corrected chi connectivity index (χ2v) is 5.62. The van der Waals surface area contributed by atoms with Crippen LogP contribution in [0.2, 0.25) is 0 Å². The number of anilines is 1. The summed E-state index contributed by atoms with van der Waals surface area (Å²) in [6.45, 7) is 0. The van der Waals surface area contributed by atoms with Crippen molar-refractivity contribution in [3.63, 3.8) is 0 Å². The molecular formula is C15H11F3INO2. The van der Waals surface area contributed by atoms with Gasteiger partial charge in [0.1, 0.15) is 5.75 Å². The highest BCUT2D eigenvalue weighted by Crippen LogP contribution is 2.36. The van der Waals surface area contributed by atoms with Gasteiger partial charge in [-0.25, -0.2) is 0 Å². The van der Waals surface area contributed by atoms with Crippen molar-refractivity contribution in [2.24, 2.45) is 0 Å². The summed E-state index contributed by atoms with van der Waals surface area (Å²) in [5.41, 5.74) is -0.900. The Morgan fingerprint density at radius 2 is 1.77 bits per heavy atom. The molecule has 0 bridgehead atoms. The van der Waals surface area contributed by atoms with E-state index in [1.165, 1.54) is 31.4 Å². The van der Waals surface area contributed by atoms with Gasteiger partial charge in [0.2, 0.25) is 0 Å². The van der Waals surface area contributed by atoms with Crippen molar-refractivity contribution in [1.29, 1.82) is 0 Å². The lowest BCUT2D eigenvalue weighted by atomic mass is 10.1. The van der Waals surface area contributed by atoms with Crippen molar-refractivity contribution in [1.82, 2.24) is 0 Å². The van der Waals surface area contributed by atoms with E-state index in [1.807, 2.05) is 0 Å². The first-order chi connectivity index (χ1) is 10.3. The predicted molar refractivity (Wildman–Crippen MR) is 85.1 cm³/mol. The summed E-state index contributed by atoms with van der Waals surface area (Å²) >= 11 is 1.79. The van der Waals surface area contributed by atoms with Crippen molar-refractivity contribution in [3.05, 3.63) is 57.2 Å². The van der Waals surface area contributed by atoms with Crippen LogP contribution in [-0.4, -0.2) is 13.0 Å². The second kappa shape index (κ2) is 6.55. The fraction of sp³-hybridized carbons (Fsp3) is 0.133. The summed E-state index contributed by atoms with van der Waals surface area (Å²) in [6.07, 6.45) is -4.54. The average Bonchev–Trinajstić information content (AvgIpc) is 2.48. The number of carbonyl (C=O) groups excluding carboxylic acids is 1. The van der Waals surface area contributed by atoms with Gasteiger partial charge in [-0.1, -0.05) is 0 Å². The molecule has 0 fully saturated rings. The van der Waals surface area contributed by atoms with Gasteiger partial charge in [-0.05, 0) is 65.1 Å². The maximum atomic E-state index is 13.0. The topological polar surface area (TPSA) is 38.3 Å². The lowest BCUT2D eigenvalue weighted by Crippen LogP contribution is -2.16. The van der Waals surface area contributed by atoms with Crippen LogP contribution < -0.4 is 10.1 Å². The molecule has 3 nitrogen and oxygen atoms in total. The fourth-order valence-corrected chi connectivity index (χ4v) is 2.29. The van der Waals surface area contributed by atoms with Crippen LogP contribution in [0, 0.1) is 3.57 Å². The standard InChI is InChI=1S/C15H11F3INO2/c1-22-11-5-2-9(3-6-11)14(21)20-13-7-4-10(19)8-12(13)15(16,17)18/h2-8H,1H3,(H,20,21). The molecule has 0 unspecified atom stereocenters. The van der Waals surface area contributed by atoms with Gasteiger partial charge in [0.25, 0.3) is 5.91 Å². The molecule has 0 saturated carbocycles. The Morgan fingerprint density at radius 1 is 1.14 bits per heavy atom. The molecule has 0 atom stereocenters. The van der Waals surface area contributed by atoms with Gasteiger partial charge in [0.15, 0.2) is 0 Å². The molecule has 0 aromatic heterocycles. The number of rotatable bonds is 3. The zero-order valence-corrected chi connectivity index (χ0v) is 13.5. The molecule has 2 aromatic rings. The fourth-order valence-electron chi connectivity index (χ4n) is 1.80. The summed E-state index contributed by atoms with van der Waals surface area (Å²) in [5, 5.41) is 2.29. The number of alkyl halides is 3. The van der Waals surface area contributed by atoms with Crippen LogP contribution >= 0.6 is 22.6 Å². The lowest BCUT2D eigenvalue weighted by molar-refractivity contribution is -0.137. The summed E-state index contributed by atoms with van der Waals surface area (Å²) in [4.78, 5) is 12.1. The third-order valence-corrected chi connectivity index (χ3v) is 3.56. The molecule has 0 aliphatic carbocycles. The van der Waals surface area contributed by atoms with Crippen LogP contribution in [-0.2, 0) is 6.18 Å². The first-order valence-corrected chi connectivity index (χ1v) is 7.21. The van der Waals surface area contributed by atoms with E-state index in [0.29, 0.717) is 9.32 Å². The Balaban J connectivity index is 2.28. The van der Waals surface area contributed by atoms with Crippen LogP contribution in [0.5, 0.6) is 5.75 Å². The number of hydrogen-bond acceptors (Lipinski definition) is 2. The first kappa shape index (κ1) is 16.6. The average molecular weight is 421 g/mol. The minimum atomic E-state index is -4.54. The van der Waals surface area contributed by atoms with Crippen LogP contribution in [0.1, 0.15) is 15.9 Å². The van der Waals surface area contributed by atoms with E-state index in [2.05, 4.69) is 5.32 Å². The molecule has 116 valence electrons. The Hall–Kier alpha value is -1.77. The van der Waals surface area contributed by atoms with Crippen LogP contribution in [0.15, 0.2) is 42.5 Å². The van der Waals surface area contributed by atoms with E-state index in [9.17, 15) is 18.0 Å². The van der Waals surface area contributed by atoms with E-state index in [0.717, 1.165) is 6.07 Å². The Labute approximate surface area is 138 Å². The minimum absolute atomic E-state index is 0.243. The van der Waals surface area contributed by atoms with E-state index in [-0.39, 0.29) is 11.3 Å². The van der Waals surface area contributed by atoms with Crippen LogP contribution in [0.3, 0.4) is 0 Å². The number of carbonyl (C=O) groups is 1. The van der Waals surface area contributed by atoms with Gasteiger partial charge >= 0.3 is 6.18 Å². The van der Waals surface area contributed by atoms with E-state index in [4.69, 9.17) is 4.74 Å². The Bertz CT molecular complexity index is 684. The van der Waals surface area contributed by atoms with Crippen molar-refractivity contribution < 1.29 is 22.7 Å². The highest BCUT2D eigenvalue weighted by atomic mass is 127. The van der Waals surface area contributed by atoms with Crippen molar-refractivity contribution in [2.45, 2.75) is 6.18 Å². The molecule has 0 aliphatic heterocycles. The molecule has 0 heterocycles. The molecule has 2 aromatic carbocycles. The van der Waals surface area contributed by atoms with E-state index in [1.54, 1.807) is 34.7 Å². The predicted octanol–water partition coefficient (Wildman–Crippen LogP) is 4.57. The second-order valence-electron chi connectivity index (χ2n) is 4.37. The highest BCUT2D eigenvalue weighted by Gasteiger charge is 2.34. The minimum Gasteiger partial charge on any atom is -0.497 e. The molecule has 2 rings (SSSR count). The van der Waals surface area contributed by atoms with Gasteiger partial charge in [-0.2, -0.15) is 13.2 Å². The number of methoxy groups -OCH3 is 1. The highest BCUT2D eigenvalue weighted by molar-refractivity contribution is 14.1. The van der Waals surface area contributed by atoms with Crippen molar-refractivity contribution in [3.8, 4) is 5.75 Å². The maximum absolute atomic E-state index is 13.0. The van der Waals surface area contributed by atoms with E-state index < -0.39 is 17.6 Å². The van der Waals surface area contributed by atoms with Gasteiger partial charge < -0.3 is 10.1 Å². The van der Waals surface area contributed by atoms with Crippen molar-refractivity contribution >= 4 is 34.2 Å². The first-order valence-electron chi connectivity index (χ1n) is 6.13. The van der Waals surface area contributed by atoms with Gasteiger partial charge in [0.05, 0.1) is 18.4 Å². The molecule has 1 amide bonds. The van der Waals surface area contributed by atoms with Gasteiger partial charge in [0, 0.05) is 9.13 Å². The SMILES string of the molecule is COc1ccc(C(=O)Nc2ccc(I)cc2C(F)(F)F)cc1. The molecule has 7 heteroatoms.